The van der Waals surface area contributed by atoms with E-state index in [-0.39, 0.29) is 11.7 Å². The van der Waals surface area contributed by atoms with Gasteiger partial charge in [0.25, 0.3) is 5.91 Å². The van der Waals surface area contributed by atoms with Gasteiger partial charge < -0.3 is 9.64 Å². The topological polar surface area (TPSA) is 29.5 Å². The van der Waals surface area contributed by atoms with Crippen molar-refractivity contribution in [3.05, 3.63) is 42.0 Å². The number of halogens is 3. The van der Waals surface area contributed by atoms with Crippen molar-refractivity contribution in [2.75, 3.05) is 13.1 Å². The van der Waals surface area contributed by atoms with E-state index in [0.717, 1.165) is 17.7 Å². The van der Waals surface area contributed by atoms with Crippen LogP contribution in [0.3, 0.4) is 0 Å². The van der Waals surface area contributed by atoms with E-state index in [0.29, 0.717) is 18.7 Å². The lowest BCUT2D eigenvalue weighted by atomic mass is 10.2. The highest BCUT2D eigenvalue weighted by molar-refractivity contribution is 5.94. The van der Waals surface area contributed by atoms with Crippen molar-refractivity contribution >= 4 is 5.91 Å². The molecule has 1 amide bonds. The molecule has 0 aliphatic rings. The zero-order valence-corrected chi connectivity index (χ0v) is 11.3. The fraction of sp³-hybridized carbons (Fsp3) is 0.357. The summed E-state index contributed by atoms with van der Waals surface area (Å²) in [5.74, 6) is -0.606. The van der Waals surface area contributed by atoms with Crippen LogP contribution >= 0.6 is 0 Å². The molecule has 1 aromatic rings. The van der Waals surface area contributed by atoms with Gasteiger partial charge in [-0.3, -0.25) is 4.79 Å². The predicted octanol–water partition coefficient (Wildman–Crippen LogP) is 3.62. The van der Waals surface area contributed by atoms with Gasteiger partial charge in [0.15, 0.2) is 0 Å². The van der Waals surface area contributed by atoms with Crippen LogP contribution in [0.15, 0.2) is 36.4 Å². The Balaban J connectivity index is 2.81. The molecule has 3 nitrogen and oxygen atoms in total. The van der Waals surface area contributed by atoms with Crippen LogP contribution in [0.25, 0.3) is 0 Å². The monoisotopic (exact) mass is 287 g/mol. The molecule has 0 aliphatic carbocycles. The molecule has 0 saturated heterocycles. The molecule has 0 radical (unpaired) electrons. The third-order valence-corrected chi connectivity index (χ3v) is 2.46. The molecular formula is C14H16F3NO2. The molecule has 1 rings (SSSR count). The third kappa shape index (κ3) is 4.95. The van der Waals surface area contributed by atoms with E-state index < -0.39 is 6.36 Å². The van der Waals surface area contributed by atoms with E-state index in [1.807, 2.05) is 6.92 Å². The number of rotatable bonds is 5. The molecular weight excluding hydrogens is 271 g/mol. The predicted molar refractivity (Wildman–Crippen MR) is 69.5 cm³/mol. The molecule has 0 heterocycles. The maximum absolute atomic E-state index is 12.1. The third-order valence-electron chi connectivity index (χ3n) is 2.46. The fourth-order valence-electron chi connectivity index (χ4n) is 1.63. The van der Waals surface area contributed by atoms with Crippen LogP contribution < -0.4 is 4.74 Å². The molecule has 1 aromatic carbocycles. The first kappa shape index (κ1) is 16.1. The number of carbonyl (C=O) groups is 1. The summed E-state index contributed by atoms with van der Waals surface area (Å²) >= 11 is 0. The van der Waals surface area contributed by atoms with Gasteiger partial charge in [-0.2, -0.15) is 0 Å². The summed E-state index contributed by atoms with van der Waals surface area (Å²) in [5.41, 5.74) is 1.14. The standard InChI is InChI=1S/C14H16F3NO2/c1-4-18(9-10(2)3)13(19)11-5-7-12(8-6-11)20-14(15,16)17/h5-8H,2,4,9H2,1,3H3. The second-order valence-corrected chi connectivity index (χ2v) is 4.35. The second-order valence-electron chi connectivity index (χ2n) is 4.35. The summed E-state index contributed by atoms with van der Waals surface area (Å²) in [6.07, 6.45) is -4.74. The molecule has 0 aromatic heterocycles. The largest absolute Gasteiger partial charge is 0.573 e. The summed E-state index contributed by atoms with van der Waals surface area (Å²) in [7, 11) is 0. The molecule has 110 valence electrons. The molecule has 0 fully saturated rings. The summed E-state index contributed by atoms with van der Waals surface area (Å²) in [6, 6.07) is 4.86. The summed E-state index contributed by atoms with van der Waals surface area (Å²) < 4.78 is 39.8. The Morgan fingerprint density at radius 1 is 1.30 bits per heavy atom. The number of carbonyl (C=O) groups excluding carboxylic acids is 1. The first-order chi connectivity index (χ1) is 9.23. The Hall–Kier alpha value is -1.98. The van der Waals surface area contributed by atoms with E-state index in [1.54, 1.807) is 11.8 Å². The van der Waals surface area contributed by atoms with Gasteiger partial charge in [-0.1, -0.05) is 12.2 Å². The van der Waals surface area contributed by atoms with Crippen molar-refractivity contribution in [2.45, 2.75) is 20.2 Å². The van der Waals surface area contributed by atoms with E-state index in [2.05, 4.69) is 11.3 Å². The second kappa shape index (κ2) is 6.45. The molecule has 0 saturated carbocycles. The van der Waals surface area contributed by atoms with E-state index in [1.165, 1.54) is 12.1 Å². The van der Waals surface area contributed by atoms with Gasteiger partial charge in [-0.05, 0) is 38.1 Å². The van der Waals surface area contributed by atoms with Crippen molar-refractivity contribution in [1.82, 2.24) is 4.90 Å². The van der Waals surface area contributed by atoms with Crippen LogP contribution in [0.5, 0.6) is 5.75 Å². The first-order valence-electron chi connectivity index (χ1n) is 6.02. The van der Waals surface area contributed by atoms with Gasteiger partial charge in [0.2, 0.25) is 0 Å². The smallest absolute Gasteiger partial charge is 0.406 e. The van der Waals surface area contributed by atoms with Crippen LogP contribution in [-0.2, 0) is 0 Å². The molecule has 0 unspecified atom stereocenters. The van der Waals surface area contributed by atoms with Gasteiger partial charge in [-0.15, -0.1) is 13.2 Å². The van der Waals surface area contributed by atoms with Crippen LogP contribution in [-0.4, -0.2) is 30.3 Å². The fourth-order valence-corrected chi connectivity index (χ4v) is 1.63. The average Bonchev–Trinajstić information content (AvgIpc) is 2.34. The first-order valence-corrected chi connectivity index (χ1v) is 6.02. The van der Waals surface area contributed by atoms with Gasteiger partial charge >= 0.3 is 6.36 Å². The minimum atomic E-state index is -4.74. The zero-order chi connectivity index (χ0) is 15.3. The van der Waals surface area contributed by atoms with Gasteiger partial charge in [0.05, 0.1) is 0 Å². The molecule has 20 heavy (non-hydrogen) atoms. The van der Waals surface area contributed by atoms with Crippen molar-refractivity contribution in [3.63, 3.8) is 0 Å². The Morgan fingerprint density at radius 2 is 1.85 bits per heavy atom. The average molecular weight is 287 g/mol. The lowest BCUT2D eigenvalue weighted by Gasteiger charge is -2.21. The quantitative estimate of drug-likeness (QED) is 0.774. The minimum Gasteiger partial charge on any atom is -0.406 e. The molecule has 0 atom stereocenters. The summed E-state index contributed by atoms with van der Waals surface area (Å²) in [4.78, 5) is 13.7. The van der Waals surface area contributed by atoms with Crippen LogP contribution in [0, 0.1) is 0 Å². The number of hydrogen-bond donors (Lipinski definition) is 0. The van der Waals surface area contributed by atoms with Crippen molar-refractivity contribution in [1.29, 1.82) is 0 Å². The SMILES string of the molecule is C=C(C)CN(CC)C(=O)c1ccc(OC(F)(F)F)cc1. The lowest BCUT2D eigenvalue weighted by molar-refractivity contribution is -0.274. The van der Waals surface area contributed by atoms with Gasteiger partial charge in [0.1, 0.15) is 5.75 Å². The maximum atomic E-state index is 12.1. The van der Waals surface area contributed by atoms with Gasteiger partial charge in [0, 0.05) is 18.7 Å². The number of hydrogen-bond acceptors (Lipinski definition) is 2. The highest BCUT2D eigenvalue weighted by Gasteiger charge is 2.31. The normalized spacial score (nSPS) is 11.1. The Kier molecular flexibility index (Phi) is 5.19. The maximum Gasteiger partial charge on any atom is 0.573 e. The summed E-state index contributed by atoms with van der Waals surface area (Å²) in [5, 5.41) is 0. The molecule has 0 bridgehead atoms. The summed E-state index contributed by atoms with van der Waals surface area (Å²) in [6.45, 7) is 8.26. The Bertz CT molecular complexity index is 480. The molecule has 0 spiro atoms. The van der Waals surface area contributed by atoms with Crippen molar-refractivity contribution in [2.24, 2.45) is 0 Å². The number of nitrogens with zero attached hydrogens (tertiary/aromatic N) is 1. The molecule has 0 N–H and O–H groups in total. The van der Waals surface area contributed by atoms with E-state index in [4.69, 9.17) is 0 Å². The van der Waals surface area contributed by atoms with Gasteiger partial charge in [-0.25, -0.2) is 0 Å². The number of benzene rings is 1. The van der Waals surface area contributed by atoms with Crippen molar-refractivity contribution < 1.29 is 22.7 Å². The number of likely N-dealkylation sites (N-methyl/N-ethyl adjacent to an activating group) is 1. The number of amides is 1. The van der Waals surface area contributed by atoms with Crippen LogP contribution in [0.4, 0.5) is 13.2 Å². The highest BCUT2D eigenvalue weighted by Crippen LogP contribution is 2.23. The van der Waals surface area contributed by atoms with Crippen LogP contribution in [0.2, 0.25) is 0 Å². The molecule has 0 aliphatic heterocycles. The van der Waals surface area contributed by atoms with Crippen LogP contribution in [0.1, 0.15) is 24.2 Å². The zero-order valence-electron chi connectivity index (χ0n) is 11.3. The van der Waals surface area contributed by atoms with Crippen molar-refractivity contribution in [3.8, 4) is 5.75 Å². The highest BCUT2D eigenvalue weighted by atomic mass is 19.4. The van der Waals surface area contributed by atoms with E-state index >= 15 is 0 Å². The lowest BCUT2D eigenvalue weighted by Crippen LogP contribution is -2.32. The number of alkyl halides is 3. The Morgan fingerprint density at radius 3 is 2.25 bits per heavy atom. The minimum absolute atomic E-state index is 0.256. The Labute approximate surface area is 115 Å². The number of ether oxygens (including phenoxy) is 1. The van der Waals surface area contributed by atoms with E-state index in [9.17, 15) is 18.0 Å². The molecule has 6 heteroatoms.